The number of ether oxygens (including phenoxy) is 1. The van der Waals surface area contributed by atoms with Gasteiger partial charge in [0.25, 0.3) is 5.91 Å². The number of hydrogen-bond donors (Lipinski definition) is 1. The van der Waals surface area contributed by atoms with Gasteiger partial charge in [0.15, 0.2) is 11.3 Å². The minimum Gasteiger partial charge on any atom is -0.449 e. The molecule has 1 aromatic carbocycles. The van der Waals surface area contributed by atoms with Crippen molar-refractivity contribution >= 4 is 40.0 Å². The molecule has 0 aliphatic heterocycles. The van der Waals surface area contributed by atoms with Gasteiger partial charge in [-0.1, -0.05) is 23.7 Å². The summed E-state index contributed by atoms with van der Waals surface area (Å²) >= 11 is 5.86. The summed E-state index contributed by atoms with van der Waals surface area (Å²) in [5, 5.41) is 2.67. The van der Waals surface area contributed by atoms with Crippen LogP contribution < -0.4 is 5.32 Å². The molecule has 0 saturated carbocycles. The molecule has 0 aliphatic rings. The highest BCUT2D eigenvalue weighted by Crippen LogP contribution is 2.19. The number of halogens is 1. The van der Waals surface area contributed by atoms with Crippen molar-refractivity contribution in [1.82, 2.24) is 4.98 Å². The molecule has 126 valence electrons. The van der Waals surface area contributed by atoms with Crippen LogP contribution in [0.5, 0.6) is 0 Å². The van der Waals surface area contributed by atoms with Crippen LogP contribution in [0, 0.1) is 0 Å². The first-order valence-electron chi connectivity index (χ1n) is 6.95. The van der Waals surface area contributed by atoms with Gasteiger partial charge in [-0.2, -0.15) is 0 Å². The van der Waals surface area contributed by atoms with Crippen LogP contribution in [0.3, 0.4) is 0 Å². The number of benzene rings is 1. The van der Waals surface area contributed by atoms with Crippen molar-refractivity contribution in [2.24, 2.45) is 0 Å². The maximum absolute atomic E-state index is 12.2. The van der Waals surface area contributed by atoms with Crippen molar-refractivity contribution in [2.45, 2.75) is 17.9 Å². The van der Waals surface area contributed by atoms with Gasteiger partial charge in [-0.25, -0.2) is 9.78 Å². The lowest BCUT2D eigenvalue weighted by Crippen LogP contribution is -2.30. The highest BCUT2D eigenvalue weighted by atomic mass is 35.5. The molecule has 6 nitrogen and oxygen atoms in total. The van der Waals surface area contributed by atoms with E-state index >= 15 is 0 Å². The molecule has 2 atom stereocenters. The van der Waals surface area contributed by atoms with Crippen LogP contribution in [0.1, 0.15) is 17.3 Å². The van der Waals surface area contributed by atoms with E-state index < -0.39 is 28.8 Å². The number of carbonyl (C=O) groups is 2. The Bertz CT molecular complexity index is 797. The predicted octanol–water partition coefficient (Wildman–Crippen LogP) is 2.66. The van der Waals surface area contributed by atoms with Crippen LogP contribution in [0.2, 0.25) is 5.15 Å². The van der Waals surface area contributed by atoms with Gasteiger partial charge in [-0.3, -0.25) is 9.00 Å². The Balaban J connectivity index is 2.08. The first-order chi connectivity index (χ1) is 11.4. The first kappa shape index (κ1) is 18.1. The second-order valence-electron chi connectivity index (χ2n) is 4.83. The highest BCUT2D eigenvalue weighted by Gasteiger charge is 2.22. The number of rotatable bonds is 5. The van der Waals surface area contributed by atoms with E-state index in [2.05, 4.69) is 10.3 Å². The molecule has 0 bridgehead atoms. The third-order valence-electron chi connectivity index (χ3n) is 3.09. The number of pyridine rings is 1. The van der Waals surface area contributed by atoms with Gasteiger partial charge < -0.3 is 10.1 Å². The van der Waals surface area contributed by atoms with Gasteiger partial charge in [-0.15, -0.1) is 0 Å². The lowest BCUT2D eigenvalue weighted by atomic mass is 10.2. The van der Waals surface area contributed by atoms with Crippen molar-refractivity contribution in [2.75, 3.05) is 11.6 Å². The maximum Gasteiger partial charge on any atom is 0.340 e. The van der Waals surface area contributed by atoms with Crippen LogP contribution in [0.25, 0.3) is 0 Å². The predicted molar refractivity (Wildman–Crippen MR) is 91.5 cm³/mol. The normalized spacial score (nSPS) is 13.0. The van der Waals surface area contributed by atoms with Crippen molar-refractivity contribution in [3.05, 3.63) is 53.3 Å². The molecule has 0 spiro atoms. The lowest BCUT2D eigenvalue weighted by molar-refractivity contribution is -0.123. The van der Waals surface area contributed by atoms with Crippen LogP contribution in [-0.2, 0) is 20.3 Å². The average molecular weight is 367 g/mol. The molecule has 0 saturated heterocycles. The molecule has 8 heteroatoms. The third-order valence-corrected chi connectivity index (χ3v) is 4.36. The molecule has 24 heavy (non-hydrogen) atoms. The second-order valence-corrected chi connectivity index (χ2v) is 6.53. The molecule has 0 aliphatic carbocycles. The molecular weight excluding hydrogens is 352 g/mol. The van der Waals surface area contributed by atoms with E-state index in [1.54, 1.807) is 30.3 Å². The molecule has 1 N–H and O–H groups in total. The van der Waals surface area contributed by atoms with E-state index in [1.165, 1.54) is 25.4 Å². The minimum atomic E-state index is -1.35. The molecule has 1 amide bonds. The molecule has 0 fully saturated rings. The Labute approximate surface area is 146 Å². The number of nitrogens with zero attached hydrogens (tertiary/aromatic N) is 1. The molecule has 0 unspecified atom stereocenters. The summed E-state index contributed by atoms with van der Waals surface area (Å²) in [6.07, 6.45) is 1.89. The second kappa shape index (κ2) is 8.03. The summed E-state index contributed by atoms with van der Waals surface area (Å²) in [7, 11) is -1.35. The number of hydrogen-bond acceptors (Lipinski definition) is 5. The standard InChI is InChI=1S/C16H15ClN2O4S/c1-10(15(20)19-12-7-5-9-18-14(12)17)23-16(21)11-6-3-4-8-13(11)24(2)22/h3-10H,1-2H3,(H,19,20)/t10-,24-/m1/s1. The van der Waals surface area contributed by atoms with Crippen LogP contribution in [0.15, 0.2) is 47.5 Å². The van der Waals surface area contributed by atoms with Gasteiger partial charge in [0.2, 0.25) is 0 Å². The van der Waals surface area contributed by atoms with Gasteiger partial charge in [0.05, 0.1) is 26.9 Å². The zero-order valence-electron chi connectivity index (χ0n) is 13.0. The van der Waals surface area contributed by atoms with Crippen molar-refractivity contribution < 1.29 is 18.5 Å². The van der Waals surface area contributed by atoms with Crippen LogP contribution >= 0.6 is 11.6 Å². The molecular formula is C16H15ClN2O4S. The van der Waals surface area contributed by atoms with Gasteiger partial charge in [-0.05, 0) is 31.2 Å². The number of esters is 1. The fourth-order valence-corrected chi connectivity index (χ4v) is 2.77. The molecule has 1 aromatic heterocycles. The van der Waals surface area contributed by atoms with Crippen molar-refractivity contribution in [1.29, 1.82) is 0 Å². The number of amides is 1. The summed E-state index contributed by atoms with van der Waals surface area (Å²) < 4.78 is 16.8. The molecule has 2 rings (SSSR count). The van der Waals surface area contributed by atoms with E-state index in [1.807, 2.05) is 0 Å². The fourth-order valence-electron chi connectivity index (χ4n) is 1.88. The van der Waals surface area contributed by atoms with E-state index in [4.69, 9.17) is 16.3 Å². The van der Waals surface area contributed by atoms with Crippen LogP contribution in [-0.4, -0.2) is 33.4 Å². The Morgan fingerprint density at radius 2 is 1.96 bits per heavy atom. The maximum atomic E-state index is 12.2. The van der Waals surface area contributed by atoms with Gasteiger partial charge >= 0.3 is 5.97 Å². The van der Waals surface area contributed by atoms with Crippen LogP contribution in [0.4, 0.5) is 5.69 Å². The van der Waals surface area contributed by atoms with E-state index in [-0.39, 0.29) is 10.7 Å². The number of carbonyl (C=O) groups excluding carboxylic acids is 2. The highest BCUT2D eigenvalue weighted by molar-refractivity contribution is 7.84. The Morgan fingerprint density at radius 3 is 2.62 bits per heavy atom. The summed E-state index contributed by atoms with van der Waals surface area (Å²) in [5.74, 6) is -1.27. The van der Waals surface area contributed by atoms with Gasteiger partial charge in [0, 0.05) is 12.5 Å². The first-order valence-corrected chi connectivity index (χ1v) is 8.88. The SMILES string of the molecule is C[C@@H](OC(=O)c1ccccc1[S@@](C)=O)C(=O)Nc1cccnc1Cl. The topological polar surface area (TPSA) is 85.4 Å². The van der Waals surface area contributed by atoms with Crippen molar-refractivity contribution in [3.8, 4) is 0 Å². The number of aromatic nitrogens is 1. The molecule has 1 heterocycles. The molecule has 0 radical (unpaired) electrons. The summed E-state index contributed by atoms with van der Waals surface area (Å²) in [4.78, 5) is 28.5. The largest absolute Gasteiger partial charge is 0.449 e. The fraction of sp³-hybridized carbons (Fsp3) is 0.188. The van der Waals surface area contributed by atoms with Crippen molar-refractivity contribution in [3.63, 3.8) is 0 Å². The Kier molecular flexibility index (Phi) is 6.05. The minimum absolute atomic E-state index is 0.135. The van der Waals surface area contributed by atoms with E-state index in [0.29, 0.717) is 10.6 Å². The monoisotopic (exact) mass is 366 g/mol. The quantitative estimate of drug-likeness (QED) is 0.649. The molecule has 2 aromatic rings. The smallest absolute Gasteiger partial charge is 0.340 e. The summed E-state index contributed by atoms with van der Waals surface area (Å²) in [6, 6.07) is 9.58. The average Bonchev–Trinajstić information content (AvgIpc) is 2.56. The lowest BCUT2D eigenvalue weighted by Gasteiger charge is -2.15. The summed E-state index contributed by atoms with van der Waals surface area (Å²) in [6.45, 7) is 1.43. The Morgan fingerprint density at radius 1 is 1.25 bits per heavy atom. The van der Waals surface area contributed by atoms with E-state index in [9.17, 15) is 13.8 Å². The van der Waals surface area contributed by atoms with Gasteiger partial charge in [0.1, 0.15) is 0 Å². The third kappa shape index (κ3) is 4.39. The Hall–Kier alpha value is -2.25. The summed E-state index contributed by atoms with van der Waals surface area (Å²) in [5.41, 5.74) is 0.486. The number of anilines is 1. The zero-order chi connectivity index (χ0) is 17.7. The number of nitrogens with one attached hydrogen (secondary N) is 1. The van der Waals surface area contributed by atoms with E-state index in [0.717, 1.165) is 0 Å². The zero-order valence-corrected chi connectivity index (χ0v) is 14.6.